The van der Waals surface area contributed by atoms with E-state index in [-0.39, 0.29) is 12.4 Å². The fourth-order valence-corrected chi connectivity index (χ4v) is 1.29. The summed E-state index contributed by atoms with van der Waals surface area (Å²) in [6, 6.07) is 1.36. The van der Waals surface area contributed by atoms with Crippen LogP contribution in [0.25, 0.3) is 0 Å². The third-order valence-corrected chi connectivity index (χ3v) is 2.33. The van der Waals surface area contributed by atoms with Gasteiger partial charge in [-0.15, -0.1) is 0 Å². The number of carbonyl (C=O) groups is 1. The highest BCUT2D eigenvalue weighted by Gasteiger charge is 2.21. The second-order valence-electron chi connectivity index (χ2n) is 3.76. The van der Waals surface area contributed by atoms with E-state index in [1.807, 2.05) is 0 Å². The second-order valence-corrected chi connectivity index (χ2v) is 4.61. The molecule has 0 atom stereocenters. The smallest absolute Gasteiger partial charge is 0.371 e. The fraction of sp³-hybridized carbons (Fsp3) is 0.444. The van der Waals surface area contributed by atoms with Crippen LogP contribution in [0.15, 0.2) is 15.0 Å². The van der Waals surface area contributed by atoms with Crippen molar-refractivity contribution in [1.29, 1.82) is 0 Å². The van der Waals surface area contributed by atoms with Crippen molar-refractivity contribution in [3.63, 3.8) is 0 Å². The third kappa shape index (κ3) is 2.97. The number of carboxylic acid groups (broad SMARTS) is 1. The van der Waals surface area contributed by atoms with Gasteiger partial charge in [-0.3, -0.25) is 0 Å². The first kappa shape index (κ1) is 12.1. The van der Waals surface area contributed by atoms with Gasteiger partial charge in [0.2, 0.25) is 11.6 Å². The zero-order chi connectivity index (χ0) is 11.6. The number of aromatic carboxylic acids is 1. The van der Waals surface area contributed by atoms with Crippen LogP contribution in [0.2, 0.25) is 0 Å². The first-order valence-corrected chi connectivity index (χ1v) is 5.07. The molecule has 0 aliphatic heterocycles. The summed E-state index contributed by atoms with van der Waals surface area (Å²) in [5.41, 5.74) is -0.573. The van der Waals surface area contributed by atoms with Crippen LogP contribution in [0.4, 0.5) is 5.88 Å². The minimum atomic E-state index is -1.13. The number of aliphatic hydroxyl groups excluding tert-OH is 1. The average molecular weight is 278 g/mol. The maximum atomic E-state index is 10.6. The van der Waals surface area contributed by atoms with Gasteiger partial charge in [-0.25, -0.2) is 4.79 Å². The second kappa shape index (κ2) is 4.24. The van der Waals surface area contributed by atoms with Crippen molar-refractivity contribution in [3.8, 4) is 0 Å². The summed E-state index contributed by atoms with van der Waals surface area (Å²) in [7, 11) is 0. The molecule has 1 heterocycles. The summed E-state index contributed by atoms with van der Waals surface area (Å²) in [6.07, 6.45) is 0. The lowest BCUT2D eigenvalue weighted by atomic mass is 10.1. The Morgan fingerprint density at radius 2 is 2.27 bits per heavy atom. The molecule has 0 aromatic carbocycles. The maximum absolute atomic E-state index is 10.6. The predicted molar refractivity (Wildman–Crippen MR) is 58.2 cm³/mol. The van der Waals surface area contributed by atoms with Crippen molar-refractivity contribution in [2.24, 2.45) is 0 Å². The number of hydrogen-bond donors (Lipinski definition) is 3. The van der Waals surface area contributed by atoms with Crippen molar-refractivity contribution in [3.05, 3.63) is 16.3 Å². The van der Waals surface area contributed by atoms with Gasteiger partial charge in [-0.2, -0.15) is 0 Å². The topological polar surface area (TPSA) is 82.7 Å². The van der Waals surface area contributed by atoms with E-state index >= 15 is 0 Å². The standard InChI is InChI=1S/C9H12BrNO4/c1-9(2,4-12)11-7-5(10)3-6(15-7)8(13)14/h3,11-12H,4H2,1-2H3,(H,13,14). The summed E-state index contributed by atoms with van der Waals surface area (Å²) in [5.74, 6) is -0.991. The molecule has 0 amide bonds. The summed E-state index contributed by atoms with van der Waals surface area (Å²) >= 11 is 3.17. The molecule has 0 saturated carbocycles. The van der Waals surface area contributed by atoms with E-state index in [1.54, 1.807) is 13.8 Å². The SMILES string of the molecule is CC(C)(CO)Nc1oc(C(=O)O)cc1Br. The number of nitrogens with one attached hydrogen (secondary N) is 1. The van der Waals surface area contributed by atoms with E-state index in [1.165, 1.54) is 6.07 Å². The largest absolute Gasteiger partial charge is 0.475 e. The quantitative estimate of drug-likeness (QED) is 0.783. The Bertz CT molecular complexity index is 372. The van der Waals surface area contributed by atoms with E-state index in [2.05, 4.69) is 21.2 Å². The van der Waals surface area contributed by atoms with Crippen molar-refractivity contribution in [2.45, 2.75) is 19.4 Å². The Hall–Kier alpha value is -1.01. The van der Waals surface area contributed by atoms with Crippen LogP contribution in [0.5, 0.6) is 0 Å². The van der Waals surface area contributed by atoms with Gasteiger partial charge in [-0.05, 0) is 29.8 Å². The van der Waals surface area contributed by atoms with Gasteiger partial charge in [0.1, 0.15) is 0 Å². The highest BCUT2D eigenvalue weighted by molar-refractivity contribution is 9.10. The Labute approximate surface area is 95.2 Å². The molecule has 6 heteroatoms. The summed E-state index contributed by atoms with van der Waals surface area (Å²) < 4.78 is 5.56. The molecule has 84 valence electrons. The van der Waals surface area contributed by atoms with E-state index in [0.717, 1.165) is 0 Å². The molecule has 0 spiro atoms. The lowest BCUT2D eigenvalue weighted by Gasteiger charge is -2.23. The normalized spacial score (nSPS) is 11.5. The van der Waals surface area contributed by atoms with Crippen LogP contribution >= 0.6 is 15.9 Å². The molecule has 0 fully saturated rings. The van der Waals surface area contributed by atoms with Crippen molar-refractivity contribution >= 4 is 27.8 Å². The van der Waals surface area contributed by atoms with E-state index in [9.17, 15) is 4.79 Å². The van der Waals surface area contributed by atoms with Gasteiger partial charge >= 0.3 is 5.97 Å². The zero-order valence-corrected chi connectivity index (χ0v) is 9.96. The molecule has 0 unspecified atom stereocenters. The first-order valence-electron chi connectivity index (χ1n) is 4.27. The van der Waals surface area contributed by atoms with Crippen LogP contribution in [0.3, 0.4) is 0 Å². The van der Waals surface area contributed by atoms with Crippen LogP contribution in [0.1, 0.15) is 24.4 Å². The van der Waals surface area contributed by atoms with Crippen LogP contribution in [-0.2, 0) is 0 Å². The lowest BCUT2D eigenvalue weighted by molar-refractivity contribution is 0.0663. The molecule has 0 bridgehead atoms. The molecule has 5 nitrogen and oxygen atoms in total. The Morgan fingerprint density at radius 1 is 1.67 bits per heavy atom. The third-order valence-electron chi connectivity index (χ3n) is 1.74. The van der Waals surface area contributed by atoms with Gasteiger partial charge in [0.25, 0.3) is 0 Å². The molecule has 1 aromatic rings. The molecule has 3 N–H and O–H groups in total. The van der Waals surface area contributed by atoms with Crippen molar-refractivity contribution < 1.29 is 19.4 Å². The zero-order valence-electron chi connectivity index (χ0n) is 8.37. The molecule has 0 aliphatic carbocycles. The van der Waals surface area contributed by atoms with Gasteiger partial charge in [0.15, 0.2) is 0 Å². The molecular formula is C9H12BrNO4. The van der Waals surface area contributed by atoms with E-state index < -0.39 is 11.5 Å². The Kier molecular flexibility index (Phi) is 3.41. The van der Waals surface area contributed by atoms with Gasteiger partial charge in [0, 0.05) is 6.07 Å². The summed E-state index contributed by atoms with van der Waals surface area (Å²) in [6.45, 7) is 3.44. The Balaban J connectivity index is 2.91. The minimum Gasteiger partial charge on any atom is -0.475 e. The molecule has 1 rings (SSSR count). The highest BCUT2D eigenvalue weighted by Crippen LogP contribution is 2.29. The monoisotopic (exact) mass is 277 g/mol. The summed E-state index contributed by atoms with van der Waals surface area (Å²) in [4.78, 5) is 10.6. The maximum Gasteiger partial charge on any atom is 0.371 e. The Morgan fingerprint density at radius 3 is 2.67 bits per heavy atom. The van der Waals surface area contributed by atoms with Crippen molar-refractivity contribution in [2.75, 3.05) is 11.9 Å². The number of aliphatic hydroxyl groups is 1. The predicted octanol–water partition coefficient (Wildman–Crippen LogP) is 1.92. The lowest BCUT2D eigenvalue weighted by Crippen LogP contribution is -2.34. The van der Waals surface area contributed by atoms with E-state index in [4.69, 9.17) is 14.6 Å². The number of hydrogen-bond acceptors (Lipinski definition) is 4. The van der Waals surface area contributed by atoms with Gasteiger partial charge < -0.3 is 19.9 Å². The van der Waals surface area contributed by atoms with E-state index in [0.29, 0.717) is 10.4 Å². The van der Waals surface area contributed by atoms with Crippen LogP contribution in [-0.4, -0.2) is 28.3 Å². The van der Waals surface area contributed by atoms with Crippen LogP contribution < -0.4 is 5.32 Å². The highest BCUT2D eigenvalue weighted by atomic mass is 79.9. The minimum absolute atomic E-state index is 0.0947. The van der Waals surface area contributed by atoms with Crippen LogP contribution in [0, 0.1) is 0 Å². The fourth-order valence-electron chi connectivity index (χ4n) is 0.906. The average Bonchev–Trinajstić information content (AvgIpc) is 2.47. The number of carboxylic acids is 1. The van der Waals surface area contributed by atoms with Gasteiger partial charge in [-0.1, -0.05) is 0 Å². The number of furan rings is 1. The van der Waals surface area contributed by atoms with Crippen molar-refractivity contribution in [1.82, 2.24) is 0 Å². The molecule has 0 radical (unpaired) electrons. The molecule has 0 saturated heterocycles. The molecule has 0 aliphatic rings. The molecule has 1 aromatic heterocycles. The van der Waals surface area contributed by atoms with Gasteiger partial charge in [0.05, 0.1) is 16.6 Å². The number of halogens is 1. The number of rotatable bonds is 4. The first-order chi connectivity index (χ1) is 6.85. The molecule has 15 heavy (non-hydrogen) atoms. The summed E-state index contributed by atoms with van der Waals surface area (Å²) in [5, 5.41) is 20.6. The number of anilines is 1. The molecular weight excluding hydrogens is 266 g/mol.